The number of rotatable bonds is 6. The zero-order valence-corrected chi connectivity index (χ0v) is 17.1. The molecule has 3 heterocycles. The summed E-state index contributed by atoms with van der Waals surface area (Å²) in [4.78, 5) is 17.9. The number of fused-ring (bicyclic) bond motifs is 3. The van der Waals surface area contributed by atoms with Gasteiger partial charge in [-0.25, -0.2) is 0 Å². The van der Waals surface area contributed by atoms with E-state index in [1.54, 1.807) is 0 Å². The molecule has 1 saturated heterocycles. The molecule has 2 aliphatic rings. The molecule has 1 aromatic carbocycles. The van der Waals surface area contributed by atoms with Crippen LogP contribution in [0.1, 0.15) is 50.2 Å². The van der Waals surface area contributed by atoms with Crippen molar-refractivity contribution in [1.29, 1.82) is 0 Å². The molecule has 0 spiro atoms. The number of aromatic nitrogens is 1. The molecule has 0 aliphatic carbocycles. The summed E-state index contributed by atoms with van der Waals surface area (Å²) in [6, 6.07) is 6.16. The number of likely N-dealkylation sites (tertiary alicyclic amines) is 1. The van der Waals surface area contributed by atoms with Crippen molar-refractivity contribution in [1.82, 2.24) is 9.88 Å². The normalized spacial score (nSPS) is 18.6. The number of nitrogens with zero attached hydrogens (tertiary/aromatic N) is 1. The van der Waals surface area contributed by atoms with Gasteiger partial charge in [0.2, 0.25) is 0 Å². The fraction of sp³-hybridized carbons (Fsp3) is 0.591. The van der Waals surface area contributed by atoms with Gasteiger partial charge in [0.05, 0.1) is 0 Å². The van der Waals surface area contributed by atoms with Crippen LogP contribution >= 0.6 is 11.8 Å². The van der Waals surface area contributed by atoms with Crippen molar-refractivity contribution in [2.75, 3.05) is 25.4 Å². The first-order valence-corrected chi connectivity index (χ1v) is 11.5. The molecule has 0 amide bonds. The van der Waals surface area contributed by atoms with Crippen molar-refractivity contribution in [3.05, 3.63) is 39.7 Å². The van der Waals surface area contributed by atoms with Gasteiger partial charge in [0.15, 0.2) is 0 Å². The number of benzene rings is 1. The summed E-state index contributed by atoms with van der Waals surface area (Å²) in [7, 11) is 0. The van der Waals surface area contributed by atoms with Crippen LogP contribution in [0.15, 0.2) is 23.0 Å². The van der Waals surface area contributed by atoms with Gasteiger partial charge in [-0.3, -0.25) is 4.79 Å². The number of aryl methyl sites for hydroxylation is 1. The first-order valence-electron chi connectivity index (χ1n) is 10.4. The Labute approximate surface area is 165 Å². The lowest BCUT2D eigenvalue weighted by molar-refractivity contribution is 0.0997. The smallest absolute Gasteiger partial charge is 0.252 e. The maximum Gasteiger partial charge on any atom is 0.252 e. The Morgan fingerprint density at radius 1 is 1.22 bits per heavy atom. The van der Waals surface area contributed by atoms with E-state index in [0.717, 1.165) is 60.7 Å². The first-order chi connectivity index (χ1) is 13.2. The Morgan fingerprint density at radius 2 is 2.07 bits per heavy atom. The van der Waals surface area contributed by atoms with Gasteiger partial charge in [0.25, 0.3) is 5.56 Å². The number of pyridine rings is 1. The molecule has 2 aromatic rings. The predicted octanol–water partition coefficient (Wildman–Crippen LogP) is 4.35. The van der Waals surface area contributed by atoms with Gasteiger partial charge in [-0.15, -0.1) is 0 Å². The summed E-state index contributed by atoms with van der Waals surface area (Å²) in [5.41, 5.74) is 3.19. The maximum absolute atomic E-state index is 12.3. The fourth-order valence-electron chi connectivity index (χ4n) is 4.27. The Balaban J connectivity index is 1.44. The quantitative estimate of drug-likeness (QED) is 0.750. The van der Waals surface area contributed by atoms with Gasteiger partial charge < -0.3 is 14.6 Å². The third-order valence-corrected chi connectivity index (χ3v) is 6.85. The van der Waals surface area contributed by atoms with Crippen LogP contribution < -0.4 is 10.3 Å². The molecule has 4 rings (SSSR count). The third-order valence-electron chi connectivity index (χ3n) is 5.86. The van der Waals surface area contributed by atoms with E-state index in [4.69, 9.17) is 4.74 Å². The van der Waals surface area contributed by atoms with Crippen LogP contribution in [-0.4, -0.2) is 41.4 Å². The monoisotopic (exact) mass is 386 g/mol. The number of H-pyrrole nitrogens is 1. The molecule has 5 heteroatoms. The number of hydrogen-bond donors (Lipinski definition) is 1. The van der Waals surface area contributed by atoms with Crippen LogP contribution in [0.4, 0.5) is 0 Å². The van der Waals surface area contributed by atoms with E-state index in [2.05, 4.69) is 22.9 Å². The molecule has 146 valence electrons. The molecule has 0 radical (unpaired) electrons. The van der Waals surface area contributed by atoms with Gasteiger partial charge in [-0.1, -0.05) is 19.8 Å². The Morgan fingerprint density at radius 3 is 2.89 bits per heavy atom. The molecular formula is C22H30N2O2S. The van der Waals surface area contributed by atoms with Gasteiger partial charge in [-0.05, 0) is 61.7 Å². The Bertz CT molecular complexity index is 840. The second-order valence-corrected chi connectivity index (χ2v) is 8.89. The highest BCUT2D eigenvalue weighted by molar-refractivity contribution is 7.98. The third kappa shape index (κ3) is 4.35. The molecule has 0 atom stereocenters. The van der Waals surface area contributed by atoms with Crippen molar-refractivity contribution < 1.29 is 4.74 Å². The van der Waals surface area contributed by atoms with Crippen LogP contribution in [0.2, 0.25) is 0 Å². The summed E-state index contributed by atoms with van der Waals surface area (Å²) >= 11 is 1.84. The lowest BCUT2D eigenvalue weighted by atomic mass is 10.0. The molecule has 0 saturated carbocycles. The van der Waals surface area contributed by atoms with E-state index >= 15 is 0 Å². The van der Waals surface area contributed by atoms with Crippen LogP contribution in [0.25, 0.3) is 10.9 Å². The molecule has 27 heavy (non-hydrogen) atoms. The highest BCUT2D eigenvalue weighted by Crippen LogP contribution is 2.30. The molecule has 2 aliphatic heterocycles. The number of ether oxygens (including phenoxy) is 1. The van der Waals surface area contributed by atoms with Crippen molar-refractivity contribution >= 4 is 22.7 Å². The van der Waals surface area contributed by atoms with Gasteiger partial charge in [0, 0.05) is 35.3 Å². The average Bonchev–Trinajstić information content (AvgIpc) is 2.70. The first kappa shape index (κ1) is 18.9. The second-order valence-electron chi connectivity index (χ2n) is 7.79. The van der Waals surface area contributed by atoms with Crippen LogP contribution in [0, 0.1) is 0 Å². The van der Waals surface area contributed by atoms with Crippen LogP contribution in [-0.2, 0) is 12.2 Å². The van der Waals surface area contributed by atoms with Crippen molar-refractivity contribution in [3.63, 3.8) is 0 Å². The van der Waals surface area contributed by atoms with E-state index in [0.29, 0.717) is 6.10 Å². The van der Waals surface area contributed by atoms with Crippen molar-refractivity contribution in [2.24, 2.45) is 0 Å². The fourth-order valence-corrected chi connectivity index (χ4v) is 5.27. The van der Waals surface area contributed by atoms with Crippen molar-refractivity contribution in [2.45, 2.75) is 57.3 Å². The zero-order valence-electron chi connectivity index (χ0n) is 16.3. The van der Waals surface area contributed by atoms with Crippen molar-refractivity contribution in [3.8, 4) is 5.75 Å². The molecule has 1 N–H and O–H groups in total. The minimum absolute atomic E-state index is 0.0776. The highest BCUT2D eigenvalue weighted by atomic mass is 32.2. The summed E-state index contributed by atoms with van der Waals surface area (Å²) in [6.45, 7) is 5.77. The SMILES string of the molecule is CCCCCN1CCC(Oc2ccc3[nH]c(=O)c4c(c3c2)CCSC4)CC1. The Kier molecular flexibility index (Phi) is 6.08. The number of hydrogen-bond acceptors (Lipinski definition) is 4. The minimum atomic E-state index is 0.0776. The molecule has 1 aromatic heterocycles. The van der Waals surface area contributed by atoms with E-state index in [9.17, 15) is 4.79 Å². The standard InChI is InChI=1S/C22H30N2O2S/c1-2-3-4-10-24-11-7-16(8-12-24)26-17-5-6-21-19(14-17)18-9-13-27-15-20(18)22(25)23-21/h5-6,14,16H,2-4,7-13,15H2,1H3,(H,23,25). The van der Waals surface area contributed by atoms with E-state index in [1.807, 2.05) is 23.9 Å². The largest absolute Gasteiger partial charge is 0.490 e. The lowest BCUT2D eigenvalue weighted by Gasteiger charge is -2.32. The van der Waals surface area contributed by atoms with E-state index < -0.39 is 0 Å². The minimum Gasteiger partial charge on any atom is -0.490 e. The molecular weight excluding hydrogens is 356 g/mol. The van der Waals surface area contributed by atoms with Gasteiger partial charge in [-0.2, -0.15) is 11.8 Å². The second kappa shape index (κ2) is 8.70. The molecule has 1 fully saturated rings. The predicted molar refractivity (Wildman–Crippen MR) is 114 cm³/mol. The topological polar surface area (TPSA) is 45.3 Å². The number of piperidine rings is 1. The lowest BCUT2D eigenvalue weighted by Crippen LogP contribution is -2.38. The number of unbranched alkanes of at least 4 members (excludes halogenated alkanes) is 2. The number of aromatic amines is 1. The summed E-state index contributed by atoms with van der Waals surface area (Å²) < 4.78 is 6.33. The zero-order chi connectivity index (χ0) is 18.6. The maximum atomic E-state index is 12.3. The average molecular weight is 387 g/mol. The van der Waals surface area contributed by atoms with Crippen LogP contribution in [0.5, 0.6) is 5.75 Å². The van der Waals surface area contributed by atoms with Gasteiger partial charge >= 0.3 is 0 Å². The molecule has 4 nitrogen and oxygen atoms in total. The highest BCUT2D eigenvalue weighted by Gasteiger charge is 2.21. The Hall–Kier alpha value is -1.46. The van der Waals surface area contributed by atoms with Gasteiger partial charge in [0.1, 0.15) is 11.9 Å². The van der Waals surface area contributed by atoms with E-state index in [-0.39, 0.29) is 5.56 Å². The number of thioether (sulfide) groups is 1. The van der Waals surface area contributed by atoms with Crippen LogP contribution in [0.3, 0.4) is 0 Å². The summed E-state index contributed by atoms with van der Waals surface area (Å²) in [5, 5.41) is 1.17. The summed E-state index contributed by atoms with van der Waals surface area (Å²) in [5.74, 6) is 2.86. The molecule has 0 bridgehead atoms. The van der Waals surface area contributed by atoms with E-state index in [1.165, 1.54) is 36.8 Å². The number of nitrogens with one attached hydrogen (secondary N) is 1. The molecule has 0 unspecified atom stereocenters. The summed E-state index contributed by atoms with van der Waals surface area (Å²) in [6.07, 6.45) is 7.41.